The van der Waals surface area contributed by atoms with E-state index in [-0.39, 0.29) is 12.4 Å². The van der Waals surface area contributed by atoms with Crippen LogP contribution >= 0.6 is 0 Å². The molecule has 0 fully saturated rings. The Balaban J connectivity index is 2.04. The first-order valence-corrected chi connectivity index (χ1v) is 7.90. The third-order valence-corrected chi connectivity index (χ3v) is 3.68. The molecule has 140 valence electrons. The van der Waals surface area contributed by atoms with E-state index < -0.39 is 6.36 Å². The topological polar surface area (TPSA) is 72.2 Å². The third-order valence-electron chi connectivity index (χ3n) is 3.68. The van der Waals surface area contributed by atoms with Crippen LogP contribution in [0.5, 0.6) is 5.75 Å². The number of rotatable bonds is 5. The lowest BCUT2D eigenvalue weighted by Crippen LogP contribution is -2.17. The minimum atomic E-state index is -4.75. The number of fused-ring (bicyclic) bond motifs is 1. The number of aliphatic hydroxyl groups is 1. The minimum Gasteiger partial charge on any atom is -0.406 e. The Morgan fingerprint density at radius 2 is 1.96 bits per heavy atom. The number of nitrogens with zero attached hydrogens (tertiary/aromatic N) is 3. The normalized spacial score (nSPS) is 11.1. The first kappa shape index (κ1) is 18.5. The molecule has 0 atom stereocenters. The molecule has 6 nitrogen and oxygen atoms in total. The van der Waals surface area contributed by atoms with Gasteiger partial charge >= 0.3 is 6.36 Å². The van der Waals surface area contributed by atoms with Gasteiger partial charge in [0.15, 0.2) is 5.65 Å². The van der Waals surface area contributed by atoms with E-state index >= 15 is 0 Å². The van der Waals surface area contributed by atoms with Crippen LogP contribution in [0.2, 0.25) is 0 Å². The van der Waals surface area contributed by atoms with Crippen molar-refractivity contribution in [2.75, 3.05) is 0 Å². The van der Waals surface area contributed by atoms with E-state index in [1.165, 1.54) is 35.1 Å². The number of alkyl halides is 3. The number of aliphatic hydroxyl groups excluding tert-OH is 1. The van der Waals surface area contributed by atoms with Crippen molar-refractivity contribution < 1.29 is 23.0 Å². The molecule has 0 saturated carbocycles. The molecule has 0 bridgehead atoms. The van der Waals surface area contributed by atoms with Gasteiger partial charge in [0.05, 0.1) is 24.5 Å². The van der Waals surface area contributed by atoms with Gasteiger partial charge in [-0.3, -0.25) is 0 Å². The Kier molecular flexibility index (Phi) is 5.19. The minimum absolute atomic E-state index is 0.199. The molecule has 2 heterocycles. The van der Waals surface area contributed by atoms with Crippen molar-refractivity contribution in [2.24, 2.45) is 0 Å². The summed E-state index contributed by atoms with van der Waals surface area (Å²) in [6.45, 7) is 1.81. The lowest BCUT2D eigenvalue weighted by atomic mass is 10.1. The quantitative estimate of drug-likeness (QED) is 0.529. The molecule has 0 radical (unpaired) electrons. The zero-order valence-electron chi connectivity index (χ0n) is 14.2. The summed E-state index contributed by atoms with van der Waals surface area (Å²) in [6, 6.07) is 9.70. The molecule has 27 heavy (non-hydrogen) atoms. The highest BCUT2D eigenvalue weighted by atomic mass is 19.4. The van der Waals surface area contributed by atoms with Crippen molar-refractivity contribution in [1.29, 1.82) is 0 Å². The molecule has 0 aliphatic carbocycles. The molecule has 1 aromatic carbocycles. The number of ether oxygens (including phenoxy) is 1. The van der Waals surface area contributed by atoms with E-state index in [4.69, 9.17) is 0 Å². The molecule has 2 N–H and O–H groups in total. The maximum atomic E-state index is 12.3. The molecule has 0 spiro atoms. The predicted molar refractivity (Wildman–Crippen MR) is 91.8 cm³/mol. The fraction of sp³-hybridized carbons (Fsp3) is 0.222. The Hall–Kier alpha value is -3.25. The van der Waals surface area contributed by atoms with E-state index in [1.54, 1.807) is 13.0 Å². The van der Waals surface area contributed by atoms with Crippen molar-refractivity contribution in [3.8, 4) is 23.4 Å². The van der Waals surface area contributed by atoms with Gasteiger partial charge < -0.3 is 15.2 Å². The number of nitrogens with one attached hydrogen (secondary N) is 1. The maximum absolute atomic E-state index is 12.3. The molecule has 2 aromatic heterocycles. The fourth-order valence-corrected chi connectivity index (χ4v) is 2.62. The van der Waals surface area contributed by atoms with Gasteiger partial charge in [0, 0.05) is 17.6 Å². The van der Waals surface area contributed by atoms with Crippen LogP contribution in [0, 0.1) is 12.0 Å². The molecule has 0 aliphatic rings. The smallest absolute Gasteiger partial charge is 0.406 e. The second-order valence-electron chi connectivity index (χ2n) is 5.46. The van der Waals surface area contributed by atoms with Crippen LogP contribution < -0.4 is 10.1 Å². The average molecular weight is 376 g/mol. The summed E-state index contributed by atoms with van der Waals surface area (Å²) in [5, 5.41) is 17.7. The number of halogens is 3. The Bertz CT molecular complexity index is 1000. The summed E-state index contributed by atoms with van der Waals surface area (Å²) < 4.78 is 42.3. The van der Waals surface area contributed by atoms with Crippen molar-refractivity contribution in [3.05, 3.63) is 47.8 Å². The van der Waals surface area contributed by atoms with Crippen LogP contribution in [-0.4, -0.2) is 26.2 Å². The number of pyridine rings is 1. The van der Waals surface area contributed by atoms with Crippen LogP contribution in [0.25, 0.3) is 16.7 Å². The maximum Gasteiger partial charge on any atom is 0.573 e. The molecule has 3 aromatic rings. The average Bonchev–Trinajstić information content (AvgIpc) is 3.00. The first-order chi connectivity index (χ1) is 12.9. The lowest BCUT2D eigenvalue weighted by molar-refractivity contribution is -0.274. The van der Waals surface area contributed by atoms with Crippen LogP contribution in [0.15, 0.2) is 36.5 Å². The SMILES string of the molecule is CC#CNCc1nn(-c2ccc(OC(F)(F)F)cc2)c2nccc(CO)c12. The van der Waals surface area contributed by atoms with Gasteiger partial charge in [-0.1, -0.05) is 5.92 Å². The zero-order valence-corrected chi connectivity index (χ0v) is 14.2. The fourth-order valence-electron chi connectivity index (χ4n) is 2.62. The van der Waals surface area contributed by atoms with Crippen molar-refractivity contribution in [1.82, 2.24) is 20.1 Å². The molecular formula is C18H15F3N4O2. The van der Waals surface area contributed by atoms with E-state index in [0.717, 1.165) is 0 Å². The summed E-state index contributed by atoms with van der Waals surface area (Å²) in [5.74, 6) is 2.38. The second-order valence-corrected chi connectivity index (χ2v) is 5.46. The van der Waals surface area contributed by atoms with Gasteiger partial charge in [-0.05, 0) is 42.8 Å². The summed E-state index contributed by atoms with van der Waals surface area (Å²) >= 11 is 0. The summed E-state index contributed by atoms with van der Waals surface area (Å²) in [7, 11) is 0. The standard InChI is InChI=1S/C18H15F3N4O2/c1-2-8-22-10-15-16-12(11-26)7-9-23-17(16)25(24-15)13-3-5-14(6-4-13)27-18(19,20)21/h3-7,9,22,26H,10-11H2,1H3. The zero-order chi connectivity index (χ0) is 19.4. The Labute approximate surface area is 152 Å². The number of aromatic nitrogens is 3. The highest BCUT2D eigenvalue weighted by molar-refractivity contribution is 5.83. The molecule has 3 rings (SSSR count). The molecule has 0 unspecified atom stereocenters. The Morgan fingerprint density at radius 1 is 1.22 bits per heavy atom. The lowest BCUT2D eigenvalue weighted by Gasteiger charge is -2.09. The summed E-state index contributed by atoms with van der Waals surface area (Å²) in [4.78, 5) is 4.31. The van der Waals surface area contributed by atoms with Crippen molar-refractivity contribution >= 4 is 11.0 Å². The van der Waals surface area contributed by atoms with E-state index in [2.05, 4.69) is 32.1 Å². The number of benzene rings is 1. The molecule has 9 heteroatoms. The summed E-state index contributed by atoms with van der Waals surface area (Å²) in [5.41, 5.74) is 2.24. The third kappa shape index (κ3) is 4.12. The van der Waals surface area contributed by atoms with Crippen LogP contribution in [0.4, 0.5) is 13.2 Å². The van der Waals surface area contributed by atoms with E-state index in [9.17, 15) is 18.3 Å². The predicted octanol–water partition coefficient (Wildman–Crippen LogP) is 2.88. The highest BCUT2D eigenvalue weighted by Gasteiger charge is 2.31. The van der Waals surface area contributed by atoms with Gasteiger partial charge in [-0.25, -0.2) is 9.67 Å². The van der Waals surface area contributed by atoms with Gasteiger partial charge in [-0.2, -0.15) is 5.10 Å². The van der Waals surface area contributed by atoms with Gasteiger partial charge in [-0.15, -0.1) is 13.2 Å². The first-order valence-electron chi connectivity index (χ1n) is 7.90. The monoisotopic (exact) mass is 376 g/mol. The van der Waals surface area contributed by atoms with E-state index in [0.29, 0.717) is 34.5 Å². The molecule has 0 aliphatic heterocycles. The molecule has 0 amide bonds. The van der Waals surface area contributed by atoms with Crippen LogP contribution in [-0.2, 0) is 13.2 Å². The van der Waals surface area contributed by atoms with Gasteiger partial charge in [0.1, 0.15) is 5.75 Å². The van der Waals surface area contributed by atoms with Crippen molar-refractivity contribution in [2.45, 2.75) is 26.4 Å². The van der Waals surface area contributed by atoms with Crippen molar-refractivity contribution in [3.63, 3.8) is 0 Å². The van der Waals surface area contributed by atoms with Gasteiger partial charge in [0.2, 0.25) is 0 Å². The van der Waals surface area contributed by atoms with Gasteiger partial charge in [0.25, 0.3) is 0 Å². The Morgan fingerprint density at radius 3 is 2.59 bits per heavy atom. The van der Waals surface area contributed by atoms with E-state index in [1.807, 2.05) is 0 Å². The highest BCUT2D eigenvalue weighted by Crippen LogP contribution is 2.27. The molecule has 0 saturated heterocycles. The number of hydrogen-bond acceptors (Lipinski definition) is 5. The molecular weight excluding hydrogens is 361 g/mol. The number of hydrogen-bond donors (Lipinski definition) is 2. The summed E-state index contributed by atoms with van der Waals surface area (Å²) in [6.07, 6.45) is -3.22. The van der Waals surface area contributed by atoms with Crippen LogP contribution in [0.1, 0.15) is 18.2 Å². The largest absolute Gasteiger partial charge is 0.573 e. The van der Waals surface area contributed by atoms with Crippen LogP contribution in [0.3, 0.4) is 0 Å². The second kappa shape index (κ2) is 7.55.